The van der Waals surface area contributed by atoms with Crippen molar-refractivity contribution in [2.45, 2.75) is 88.2 Å². The number of carbonyl (C=O) groups is 4. The molecule has 1 aromatic rings. The molecular weight excluding hydrogens is 486 g/mol. The lowest BCUT2D eigenvalue weighted by Gasteiger charge is -2.39. The van der Waals surface area contributed by atoms with Gasteiger partial charge in [-0.15, -0.1) is 0 Å². The highest BCUT2D eigenvalue weighted by molar-refractivity contribution is 5.93. The van der Waals surface area contributed by atoms with Crippen LogP contribution in [0.2, 0.25) is 0 Å². The summed E-state index contributed by atoms with van der Waals surface area (Å²) in [5.41, 5.74) is 0.745. The Hall–Kier alpha value is -3.06. The first-order valence-electron chi connectivity index (χ1n) is 12.4. The van der Waals surface area contributed by atoms with Crippen molar-refractivity contribution in [3.63, 3.8) is 0 Å². The molecule has 0 unspecified atom stereocenters. The number of hydrogen-bond acceptors (Lipinski definition) is 8. The van der Waals surface area contributed by atoms with Crippen LogP contribution in [0.15, 0.2) is 30.3 Å². The fraction of sp³-hybridized carbons (Fsp3) is 0.600. The van der Waals surface area contributed by atoms with Gasteiger partial charge in [0, 0.05) is 13.0 Å². The molecule has 0 aliphatic carbocycles. The average molecular weight is 522 g/mol. The van der Waals surface area contributed by atoms with E-state index in [1.807, 2.05) is 0 Å². The van der Waals surface area contributed by atoms with Crippen LogP contribution in [0, 0.1) is 0 Å². The van der Waals surface area contributed by atoms with Crippen molar-refractivity contribution in [3.8, 4) is 0 Å². The Morgan fingerprint density at radius 2 is 1.73 bits per heavy atom. The Balaban J connectivity index is 1.57. The predicted molar refractivity (Wildman–Crippen MR) is 129 cm³/mol. The Bertz CT molecular complexity index is 975. The molecule has 0 spiro atoms. The second-order valence-corrected chi connectivity index (χ2v) is 9.62. The molecule has 2 fully saturated rings. The van der Waals surface area contributed by atoms with Crippen LogP contribution in [0.3, 0.4) is 0 Å². The molecule has 37 heavy (non-hydrogen) atoms. The molecule has 1 aromatic carbocycles. The first kappa shape index (κ1) is 28.5. The number of hydrogen-bond donors (Lipinski definition) is 6. The lowest BCUT2D eigenvalue weighted by atomic mass is 9.94. The van der Waals surface area contributed by atoms with E-state index in [1.165, 1.54) is 18.7 Å². The zero-order valence-corrected chi connectivity index (χ0v) is 20.8. The molecule has 6 N–H and O–H groups in total. The number of carboxylic acids is 1. The third-order valence-electron chi connectivity index (χ3n) is 6.82. The number of aliphatic hydroxyl groups is 3. The van der Waals surface area contributed by atoms with Crippen LogP contribution in [0.5, 0.6) is 0 Å². The number of likely N-dealkylation sites (tertiary alicyclic amines) is 1. The van der Waals surface area contributed by atoms with Crippen LogP contribution in [-0.4, -0.2) is 104 Å². The summed E-state index contributed by atoms with van der Waals surface area (Å²) < 4.78 is 5.42. The van der Waals surface area contributed by atoms with Gasteiger partial charge in [0.1, 0.15) is 36.4 Å². The summed E-state index contributed by atoms with van der Waals surface area (Å²) in [6.07, 6.45) is -5.47. The molecule has 2 heterocycles. The van der Waals surface area contributed by atoms with Crippen molar-refractivity contribution in [3.05, 3.63) is 35.9 Å². The van der Waals surface area contributed by atoms with Gasteiger partial charge in [-0.2, -0.15) is 0 Å². The molecule has 8 atom stereocenters. The number of carbonyl (C=O) groups excluding carboxylic acids is 3. The third kappa shape index (κ3) is 7.04. The normalized spacial score (nSPS) is 29.3. The molecule has 2 aliphatic heterocycles. The van der Waals surface area contributed by atoms with Crippen molar-refractivity contribution in [2.24, 2.45) is 0 Å². The Kier molecular flexibility index (Phi) is 9.60. The Morgan fingerprint density at radius 1 is 1.05 bits per heavy atom. The van der Waals surface area contributed by atoms with Crippen LogP contribution in [0.4, 0.5) is 0 Å². The van der Waals surface area contributed by atoms with Crippen LogP contribution in [0.1, 0.15) is 38.7 Å². The number of nitrogens with one attached hydrogen (secondary N) is 2. The molecule has 2 aliphatic rings. The smallest absolute Gasteiger partial charge is 0.326 e. The lowest BCUT2D eigenvalue weighted by Crippen LogP contribution is -2.58. The summed E-state index contributed by atoms with van der Waals surface area (Å²) >= 11 is 0. The molecular formula is C25H35N3O9. The Morgan fingerprint density at radius 3 is 2.38 bits per heavy atom. The molecule has 0 saturated carbocycles. The summed E-state index contributed by atoms with van der Waals surface area (Å²) in [5.74, 6) is -2.88. The second-order valence-electron chi connectivity index (χ2n) is 9.62. The van der Waals surface area contributed by atoms with E-state index in [0.29, 0.717) is 12.8 Å². The zero-order valence-electron chi connectivity index (χ0n) is 20.8. The van der Waals surface area contributed by atoms with Crippen molar-refractivity contribution < 1.29 is 44.3 Å². The van der Waals surface area contributed by atoms with Crippen molar-refractivity contribution in [2.75, 3.05) is 6.54 Å². The van der Waals surface area contributed by atoms with Crippen LogP contribution in [0.25, 0.3) is 0 Å². The largest absolute Gasteiger partial charge is 0.480 e. The number of amides is 3. The quantitative estimate of drug-likeness (QED) is 0.226. The standard InChI is InChI=1S/C25H35N3O9/c1-13(26-19(29)12-18-21(31)22(32)20(30)14(2)37-18)24(34)28-10-6-9-17(28)23(33)27-16(25(35)36)11-15-7-4-3-5-8-15/h3-5,7-8,13-14,16-18,20-22,30-32H,6,9-12H2,1-2H3,(H,26,29)(H,27,33)(H,35,36)/t13-,14-,16-,17-,18-,20+,21+,22+/m0/s1. The minimum atomic E-state index is -1.48. The monoisotopic (exact) mass is 521 g/mol. The van der Waals surface area contributed by atoms with Gasteiger partial charge in [0.05, 0.1) is 18.6 Å². The van der Waals surface area contributed by atoms with Gasteiger partial charge >= 0.3 is 5.97 Å². The third-order valence-corrected chi connectivity index (χ3v) is 6.82. The number of nitrogens with zero attached hydrogens (tertiary/aromatic N) is 1. The number of benzene rings is 1. The van der Waals surface area contributed by atoms with Crippen LogP contribution >= 0.6 is 0 Å². The van der Waals surface area contributed by atoms with E-state index in [9.17, 15) is 39.6 Å². The fourth-order valence-corrected chi connectivity index (χ4v) is 4.72. The lowest BCUT2D eigenvalue weighted by molar-refractivity contribution is -0.218. The van der Waals surface area contributed by atoms with Crippen molar-refractivity contribution >= 4 is 23.7 Å². The van der Waals surface area contributed by atoms with E-state index in [4.69, 9.17) is 4.74 Å². The highest BCUT2D eigenvalue weighted by atomic mass is 16.5. The summed E-state index contributed by atoms with van der Waals surface area (Å²) in [5, 5.41) is 44.5. The van der Waals surface area contributed by atoms with E-state index >= 15 is 0 Å². The van der Waals surface area contributed by atoms with E-state index in [2.05, 4.69) is 10.6 Å². The number of rotatable bonds is 9. The first-order valence-corrected chi connectivity index (χ1v) is 12.4. The molecule has 2 saturated heterocycles. The number of aliphatic carboxylic acids is 1. The van der Waals surface area contributed by atoms with E-state index in [1.54, 1.807) is 30.3 Å². The topological polar surface area (TPSA) is 186 Å². The van der Waals surface area contributed by atoms with Crippen molar-refractivity contribution in [1.82, 2.24) is 15.5 Å². The average Bonchev–Trinajstić information content (AvgIpc) is 3.35. The van der Waals surface area contributed by atoms with Gasteiger partial charge < -0.3 is 40.7 Å². The number of carboxylic acid groups (broad SMARTS) is 1. The Labute approximate surface area is 214 Å². The zero-order chi connectivity index (χ0) is 27.3. The SMILES string of the molecule is C[C@H](NC(=O)C[C@@H]1O[C@@H](C)[C@@H](O)[C@@H](O)[C@@H]1O)C(=O)N1CCC[C@H]1C(=O)N[C@@H](Cc1ccccc1)C(=O)O. The predicted octanol–water partition coefficient (Wildman–Crippen LogP) is -1.45. The minimum absolute atomic E-state index is 0.0917. The maximum atomic E-state index is 13.1. The second kappa shape index (κ2) is 12.5. The molecule has 0 radical (unpaired) electrons. The summed E-state index contributed by atoms with van der Waals surface area (Å²) in [4.78, 5) is 51.6. The van der Waals surface area contributed by atoms with Crippen molar-refractivity contribution in [1.29, 1.82) is 0 Å². The van der Waals surface area contributed by atoms with Crippen LogP contribution < -0.4 is 10.6 Å². The summed E-state index contributed by atoms with van der Waals surface area (Å²) in [7, 11) is 0. The van der Waals surface area contributed by atoms with Gasteiger partial charge in [-0.3, -0.25) is 14.4 Å². The van der Waals surface area contributed by atoms with E-state index < -0.39 is 72.3 Å². The maximum absolute atomic E-state index is 13.1. The van der Waals surface area contributed by atoms with E-state index in [-0.39, 0.29) is 19.4 Å². The molecule has 3 amide bonds. The number of ether oxygens (including phenoxy) is 1. The molecule has 0 aromatic heterocycles. The maximum Gasteiger partial charge on any atom is 0.326 e. The molecule has 12 nitrogen and oxygen atoms in total. The fourth-order valence-electron chi connectivity index (χ4n) is 4.72. The van der Waals surface area contributed by atoms with E-state index in [0.717, 1.165) is 5.56 Å². The van der Waals surface area contributed by atoms with Crippen LogP contribution in [-0.2, 0) is 30.3 Å². The van der Waals surface area contributed by atoms with Gasteiger partial charge in [-0.05, 0) is 32.3 Å². The molecule has 0 bridgehead atoms. The van der Waals surface area contributed by atoms with Gasteiger partial charge in [-0.1, -0.05) is 30.3 Å². The van der Waals surface area contributed by atoms with Gasteiger partial charge in [-0.25, -0.2) is 4.79 Å². The molecule has 12 heteroatoms. The highest BCUT2D eigenvalue weighted by Crippen LogP contribution is 2.23. The first-order chi connectivity index (χ1) is 17.5. The molecule has 204 valence electrons. The van der Waals surface area contributed by atoms with Gasteiger partial charge in [0.25, 0.3) is 0 Å². The molecule has 3 rings (SSSR count). The minimum Gasteiger partial charge on any atom is -0.480 e. The summed E-state index contributed by atoms with van der Waals surface area (Å²) in [6.45, 7) is 3.24. The van der Waals surface area contributed by atoms with Gasteiger partial charge in [0.15, 0.2) is 0 Å². The van der Waals surface area contributed by atoms with Gasteiger partial charge in [0.2, 0.25) is 17.7 Å². The summed E-state index contributed by atoms with van der Waals surface area (Å²) in [6, 6.07) is 5.84. The number of aliphatic hydroxyl groups excluding tert-OH is 3. The highest BCUT2D eigenvalue weighted by Gasteiger charge is 2.43.